The van der Waals surface area contributed by atoms with Crippen LogP contribution in [-0.2, 0) is 16.1 Å². The number of carbonyl (C=O) groups excluding carboxylic acids is 2. The monoisotopic (exact) mass is 648 g/mol. The van der Waals surface area contributed by atoms with Gasteiger partial charge in [-0.15, -0.1) is 0 Å². The van der Waals surface area contributed by atoms with Gasteiger partial charge in [-0.3, -0.25) is 9.59 Å². The molecule has 1 heterocycles. The van der Waals surface area contributed by atoms with Gasteiger partial charge in [-0.1, -0.05) is 31.0 Å². The van der Waals surface area contributed by atoms with Crippen molar-refractivity contribution in [1.82, 2.24) is 10.2 Å². The Morgan fingerprint density at radius 1 is 1.10 bits per heavy atom. The number of hydrogen-bond acceptors (Lipinski definition) is 7. The molecule has 5 rings (SSSR count). The molecule has 3 atom stereocenters. The molecule has 39 heavy (non-hydrogen) atoms. The number of para-hydroxylation sites is 1. The molecule has 0 bridgehead atoms. The van der Waals surface area contributed by atoms with Crippen LogP contribution in [0.15, 0.2) is 54.1 Å². The quantitative estimate of drug-likeness (QED) is 0.358. The fourth-order valence-corrected chi connectivity index (χ4v) is 5.98. The second-order valence-corrected chi connectivity index (χ2v) is 11.2. The topological polar surface area (TPSA) is 118 Å². The Morgan fingerprint density at radius 2 is 1.87 bits per heavy atom. The molecule has 10 heteroatoms. The van der Waals surface area contributed by atoms with Gasteiger partial charge in [0.1, 0.15) is 18.0 Å². The van der Waals surface area contributed by atoms with E-state index in [9.17, 15) is 19.8 Å². The largest absolute Gasteiger partial charge is 0.482 e. The summed E-state index contributed by atoms with van der Waals surface area (Å²) in [4.78, 5) is 28.7. The number of fused-ring (bicyclic) bond motifs is 1. The van der Waals surface area contributed by atoms with E-state index in [1.54, 1.807) is 11.0 Å². The van der Waals surface area contributed by atoms with Crippen LogP contribution in [0.4, 0.5) is 0 Å². The maximum absolute atomic E-state index is 14.0. The summed E-state index contributed by atoms with van der Waals surface area (Å²) in [6.45, 7) is 0.311. The Balaban J connectivity index is 1.48. The minimum Gasteiger partial charge on any atom is -0.482 e. The lowest BCUT2D eigenvalue weighted by molar-refractivity contribution is -0.143. The van der Waals surface area contributed by atoms with E-state index in [1.807, 2.05) is 42.5 Å². The standard InChI is InChI=1S/C29H33IN2O7/c30-21-7-3-4-8-23(21)39-26-15-20(28(35)31-11-12-33)14-22(27(26)34)32(29(36)19-5-1-2-6-19)16-18-9-10-24-25(13-18)38-17-37-24/h3-4,7-10,13,15,19,22,26-27,33-34H,1-2,5-6,11-12,14,16-17H2,(H,31,35)/t22-,26+,27+/m1/s1. The van der Waals surface area contributed by atoms with Gasteiger partial charge in [-0.25, -0.2) is 0 Å². The zero-order valence-electron chi connectivity index (χ0n) is 21.6. The minimum absolute atomic E-state index is 0.0284. The van der Waals surface area contributed by atoms with Crippen molar-refractivity contribution < 1.29 is 34.0 Å². The van der Waals surface area contributed by atoms with Crippen LogP contribution in [0.3, 0.4) is 0 Å². The van der Waals surface area contributed by atoms with E-state index in [1.165, 1.54) is 0 Å². The van der Waals surface area contributed by atoms with Crippen molar-refractivity contribution in [2.45, 2.75) is 56.9 Å². The van der Waals surface area contributed by atoms with E-state index in [-0.39, 0.29) is 50.6 Å². The first-order chi connectivity index (χ1) is 18.9. The Labute approximate surface area is 241 Å². The van der Waals surface area contributed by atoms with E-state index >= 15 is 0 Å². The summed E-state index contributed by atoms with van der Waals surface area (Å²) in [5.41, 5.74) is 1.25. The van der Waals surface area contributed by atoms with Gasteiger partial charge in [0.2, 0.25) is 18.6 Å². The molecule has 0 aromatic heterocycles. The third kappa shape index (κ3) is 6.33. The van der Waals surface area contributed by atoms with E-state index in [4.69, 9.17) is 14.2 Å². The smallest absolute Gasteiger partial charge is 0.247 e. The predicted molar refractivity (Wildman–Crippen MR) is 151 cm³/mol. The molecule has 0 unspecified atom stereocenters. The predicted octanol–water partition coefficient (Wildman–Crippen LogP) is 3.15. The number of rotatable bonds is 9. The number of benzene rings is 2. The normalized spacial score (nSPS) is 22.3. The van der Waals surface area contributed by atoms with Gasteiger partial charge in [0.15, 0.2) is 11.5 Å². The second kappa shape index (κ2) is 12.6. The van der Waals surface area contributed by atoms with Crippen LogP contribution in [0.1, 0.15) is 37.7 Å². The first-order valence-corrected chi connectivity index (χ1v) is 14.4. The second-order valence-electron chi connectivity index (χ2n) is 10.1. The van der Waals surface area contributed by atoms with Crippen molar-refractivity contribution in [3.8, 4) is 17.2 Å². The van der Waals surface area contributed by atoms with Crippen molar-refractivity contribution in [2.24, 2.45) is 5.92 Å². The molecule has 208 valence electrons. The van der Waals surface area contributed by atoms with Crippen molar-refractivity contribution in [3.63, 3.8) is 0 Å². The number of amides is 2. The molecule has 1 aliphatic heterocycles. The van der Waals surface area contributed by atoms with Crippen LogP contribution in [0.5, 0.6) is 17.2 Å². The van der Waals surface area contributed by atoms with Gasteiger partial charge < -0.3 is 34.6 Å². The molecule has 3 aliphatic rings. The summed E-state index contributed by atoms with van der Waals surface area (Å²) in [5, 5.41) is 23.6. The number of nitrogens with one attached hydrogen (secondary N) is 1. The molecule has 0 saturated heterocycles. The van der Waals surface area contributed by atoms with E-state index in [0.29, 0.717) is 22.8 Å². The highest BCUT2D eigenvalue weighted by Crippen LogP contribution is 2.36. The van der Waals surface area contributed by atoms with E-state index < -0.39 is 18.2 Å². The Hall–Kier alpha value is -2.83. The first-order valence-electron chi connectivity index (χ1n) is 13.3. The van der Waals surface area contributed by atoms with Crippen molar-refractivity contribution in [1.29, 1.82) is 0 Å². The number of ether oxygens (including phenoxy) is 3. The van der Waals surface area contributed by atoms with Gasteiger partial charge in [-0.05, 0) is 71.3 Å². The number of hydrogen-bond donors (Lipinski definition) is 3. The summed E-state index contributed by atoms with van der Waals surface area (Å²) in [6.07, 6.45) is 3.47. The van der Waals surface area contributed by atoms with Gasteiger partial charge >= 0.3 is 0 Å². The Morgan fingerprint density at radius 3 is 2.64 bits per heavy atom. The lowest BCUT2D eigenvalue weighted by atomic mass is 9.87. The molecule has 1 fully saturated rings. The summed E-state index contributed by atoms with van der Waals surface area (Å²) < 4.78 is 18.1. The fourth-order valence-electron chi connectivity index (χ4n) is 5.47. The lowest BCUT2D eigenvalue weighted by Gasteiger charge is -2.41. The maximum atomic E-state index is 14.0. The van der Waals surface area contributed by atoms with Crippen LogP contribution < -0.4 is 19.5 Å². The first kappa shape index (κ1) is 27.7. The van der Waals surface area contributed by atoms with Gasteiger partial charge in [-0.2, -0.15) is 0 Å². The number of halogens is 1. The molecule has 2 aromatic carbocycles. The summed E-state index contributed by atoms with van der Waals surface area (Å²) >= 11 is 2.16. The van der Waals surface area contributed by atoms with Crippen molar-refractivity contribution in [3.05, 3.63) is 63.2 Å². The van der Waals surface area contributed by atoms with Crippen LogP contribution >= 0.6 is 22.6 Å². The minimum atomic E-state index is -1.07. The van der Waals surface area contributed by atoms with E-state index in [2.05, 4.69) is 27.9 Å². The van der Waals surface area contributed by atoms with Crippen LogP contribution in [-0.4, -0.2) is 65.1 Å². The lowest BCUT2D eigenvalue weighted by Crippen LogP contribution is -2.55. The fraction of sp³-hybridized carbons (Fsp3) is 0.448. The number of nitrogens with zero attached hydrogens (tertiary/aromatic N) is 1. The SMILES string of the molecule is O=C(NCCO)C1=C[C@H](Oc2ccccc2I)[C@@H](O)[C@H](N(Cc2ccc3c(c2)OCO3)C(=O)C2CCCC2)C1. The number of aliphatic hydroxyl groups excluding tert-OH is 2. The maximum Gasteiger partial charge on any atom is 0.247 e. The highest BCUT2D eigenvalue weighted by molar-refractivity contribution is 14.1. The molecule has 0 spiro atoms. The molecule has 3 N–H and O–H groups in total. The highest BCUT2D eigenvalue weighted by atomic mass is 127. The molecule has 1 saturated carbocycles. The van der Waals surface area contributed by atoms with E-state index in [0.717, 1.165) is 34.8 Å². The Bertz CT molecular complexity index is 1230. The average Bonchev–Trinajstić information content (AvgIpc) is 3.65. The zero-order valence-corrected chi connectivity index (χ0v) is 23.7. The van der Waals surface area contributed by atoms with Crippen molar-refractivity contribution >= 4 is 34.4 Å². The molecular formula is C29H33IN2O7. The van der Waals surface area contributed by atoms with Gasteiger partial charge in [0, 0.05) is 31.0 Å². The van der Waals surface area contributed by atoms with Gasteiger partial charge in [0.05, 0.1) is 16.2 Å². The zero-order chi connectivity index (χ0) is 27.4. The molecule has 2 aromatic rings. The number of aliphatic hydroxyl groups is 2. The van der Waals surface area contributed by atoms with Crippen LogP contribution in [0, 0.1) is 9.49 Å². The Kier molecular flexibility index (Phi) is 8.93. The molecule has 2 aliphatic carbocycles. The van der Waals surface area contributed by atoms with Crippen molar-refractivity contribution in [2.75, 3.05) is 19.9 Å². The molecule has 9 nitrogen and oxygen atoms in total. The summed E-state index contributed by atoms with van der Waals surface area (Å²) in [7, 11) is 0. The average molecular weight is 648 g/mol. The number of carbonyl (C=O) groups is 2. The van der Waals surface area contributed by atoms with Crippen LogP contribution in [0.2, 0.25) is 0 Å². The molecular weight excluding hydrogens is 615 g/mol. The molecule has 0 radical (unpaired) electrons. The summed E-state index contributed by atoms with van der Waals surface area (Å²) in [6, 6.07) is 12.3. The summed E-state index contributed by atoms with van der Waals surface area (Å²) in [5.74, 6) is 1.35. The highest BCUT2D eigenvalue weighted by Gasteiger charge is 2.42. The van der Waals surface area contributed by atoms with Gasteiger partial charge in [0.25, 0.3) is 0 Å². The third-order valence-corrected chi connectivity index (χ3v) is 8.38. The van der Waals surface area contributed by atoms with Crippen LogP contribution in [0.25, 0.3) is 0 Å². The third-order valence-electron chi connectivity index (χ3n) is 7.49. The molecule has 2 amide bonds.